The van der Waals surface area contributed by atoms with Crippen LogP contribution < -0.4 is 0 Å². The number of carbonyl (C=O) groups excluding carboxylic acids is 1. The largest absolute Gasteiger partial charge is 0.481 e. The van der Waals surface area contributed by atoms with Crippen LogP contribution in [0, 0.1) is 0 Å². The zero-order valence-corrected chi connectivity index (χ0v) is 11.0. The van der Waals surface area contributed by atoms with Gasteiger partial charge in [0.15, 0.2) is 0 Å². The summed E-state index contributed by atoms with van der Waals surface area (Å²) >= 11 is 0. The minimum atomic E-state index is -0.909. The van der Waals surface area contributed by atoms with Crippen molar-refractivity contribution in [2.45, 2.75) is 45.2 Å². The van der Waals surface area contributed by atoms with Crippen molar-refractivity contribution in [1.82, 2.24) is 9.80 Å². The van der Waals surface area contributed by atoms with Crippen LogP contribution in [-0.2, 0) is 4.79 Å². The SMILES string of the molecule is CC(C)N(CCC(=O)O)C(=O)N(CCO)C1CC1. The monoisotopic (exact) mass is 258 g/mol. The number of urea groups is 1. The zero-order valence-electron chi connectivity index (χ0n) is 11.0. The second-order valence-electron chi connectivity index (χ2n) is 4.86. The number of hydrogen-bond donors (Lipinski definition) is 2. The molecule has 0 saturated heterocycles. The molecule has 0 aromatic rings. The molecule has 6 heteroatoms. The number of carbonyl (C=O) groups is 2. The first kappa shape index (κ1) is 14.8. The molecule has 0 unspecified atom stereocenters. The first-order valence-corrected chi connectivity index (χ1v) is 6.37. The van der Waals surface area contributed by atoms with Crippen LogP contribution in [-0.4, -0.2) is 63.8 Å². The molecule has 0 heterocycles. The summed E-state index contributed by atoms with van der Waals surface area (Å²) < 4.78 is 0. The Bertz CT molecular complexity index is 302. The average molecular weight is 258 g/mol. The molecule has 2 amide bonds. The van der Waals surface area contributed by atoms with Crippen LogP contribution in [0.5, 0.6) is 0 Å². The van der Waals surface area contributed by atoms with Gasteiger partial charge in [0.25, 0.3) is 0 Å². The molecular formula is C12H22N2O4. The quantitative estimate of drug-likeness (QED) is 0.706. The van der Waals surface area contributed by atoms with Gasteiger partial charge < -0.3 is 20.0 Å². The Morgan fingerprint density at radius 1 is 1.28 bits per heavy atom. The second-order valence-corrected chi connectivity index (χ2v) is 4.86. The highest BCUT2D eigenvalue weighted by Crippen LogP contribution is 2.27. The van der Waals surface area contributed by atoms with E-state index < -0.39 is 5.97 Å². The molecule has 0 atom stereocenters. The van der Waals surface area contributed by atoms with E-state index in [0.29, 0.717) is 6.54 Å². The number of rotatable bonds is 7. The standard InChI is InChI=1S/C12H22N2O4/c1-9(2)13(6-5-11(16)17)12(18)14(7-8-15)10-3-4-10/h9-10,15H,3-8H2,1-2H3,(H,16,17). The van der Waals surface area contributed by atoms with Crippen molar-refractivity contribution in [3.05, 3.63) is 0 Å². The topological polar surface area (TPSA) is 81.1 Å². The van der Waals surface area contributed by atoms with E-state index in [9.17, 15) is 9.59 Å². The molecule has 1 aliphatic rings. The average Bonchev–Trinajstić information content (AvgIpc) is 3.08. The fourth-order valence-corrected chi connectivity index (χ4v) is 1.88. The molecule has 1 fully saturated rings. The molecule has 0 spiro atoms. The lowest BCUT2D eigenvalue weighted by molar-refractivity contribution is -0.137. The van der Waals surface area contributed by atoms with Crippen molar-refractivity contribution in [1.29, 1.82) is 0 Å². The van der Waals surface area contributed by atoms with Gasteiger partial charge in [-0.2, -0.15) is 0 Å². The Labute approximate surface area is 107 Å². The molecule has 0 bridgehead atoms. The van der Waals surface area contributed by atoms with Crippen LogP contribution in [0.2, 0.25) is 0 Å². The van der Waals surface area contributed by atoms with Crippen LogP contribution in [0.1, 0.15) is 33.1 Å². The van der Waals surface area contributed by atoms with Crippen LogP contribution in [0.3, 0.4) is 0 Å². The number of carboxylic acid groups (broad SMARTS) is 1. The van der Waals surface area contributed by atoms with E-state index in [4.69, 9.17) is 10.2 Å². The van der Waals surface area contributed by atoms with E-state index in [1.807, 2.05) is 13.8 Å². The predicted octanol–water partition coefficient (Wildman–Crippen LogP) is 0.748. The molecule has 0 aliphatic heterocycles. The maximum Gasteiger partial charge on any atom is 0.320 e. The fraction of sp³-hybridized carbons (Fsp3) is 0.833. The van der Waals surface area contributed by atoms with Gasteiger partial charge in [0.05, 0.1) is 13.0 Å². The summed E-state index contributed by atoms with van der Waals surface area (Å²) in [6.07, 6.45) is 1.88. The number of aliphatic carboxylic acids is 1. The Hall–Kier alpha value is -1.30. The molecule has 0 aromatic carbocycles. The Kier molecular flexibility index (Phi) is 5.40. The summed E-state index contributed by atoms with van der Waals surface area (Å²) in [6.45, 7) is 4.20. The highest BCUT2D eigenvalue weighted by molar-refractivity contribution is 5.76. The van der Waals surface area contributed by atoms with Crippen molar-refractivity contribution < 1.29 is 19.8 Å². The van der Waals surface area contributed by atoms with Gasteiger partial charge in [-0.05, 0) is 26.7 Å². The summed E-state index contributed by atoms with van der Waals surface area (Å²) in [6, 6.07) is 0.00956. The van der Waals surface area contributed by atoms with Crippen molar-refractivity contribution in [2.24, 2.45) is 0 Å². The van der Waals surface area contributed by atoms with E-state index >= 15 is 0 Å². The van der Waals surface area contributed by atoms with Gasteiger partial charge >= 0.3 is 12.0 Å². The molecule has 6 nitrogen and oxygen atoms in total. The maximum absolute atomic E-state index is 12.3. The third-order valence-corrected chi connectivity index (χ3v) is 3.01. The minimum absolute atomic E-state index is 0.0446. The van der Waals surface area contributed by atoms with Crippen LogP contribution in [0.15, 0.2) is 0 Å². The molecule has 2 N–H and O–H groups in total. The molecule has 0 aromatic heterocycles. The minimum Gasteiger partial charge on any atom is -0.481 e. The normalized spacial score (nSPS) is 14.7. The van der Waals surface area contributed by atoms with Gasteiger partial charge in [0, 0.05) is 25.2 Å². The molecular weight excluding hydrogens is 236 g/mol. The van der Waals surface area contributed by atoms with Gasteiger partial charge in [0.2, 0.25) is 0 Å². The van der Waals surface area contributed by atoms with E-state index in [-0.39, 0.29) is 37.7 Å². The van der Waals surface area contributed by atoms with E-state index in [1.54, 1.807) is 9.80 Å². The summed E-state index contributed by atoms with van der Waals surface area (Å²) in [7, 11) is 0. The molecule has 1 saturated carbocycles. The molecule has 1 aliphatic carbocycles. The summed E-state index contributed by atoms with van der Waals surface area (Å²) in [4.78, 5) is 26.1. The highest BCUT2D eigenvalue weighted by Gasteiger charge is 2.35. The van der Waals surface area contributed by atoms with Crippen molar-refractivity contribution in [3.63, 3.8) is 0 Å². The predicted molar refractivity (Wildman–Crippen MR) is 66.3 cm³/mol. The Morgan fingerprint density at radius 2 is 1.89 bits per heavy atom. The Morgan fingerprint density at radius 3 is 2.28 bits per heavy atom. The molecule has 18 heavy (non-hydrogen) atoms. The summed E-state index contributed by atoms with van der Waals surface area (Å²) in [5.74, 6) is -0.909. The van der Waals surface area contributed by atoms with E-state index in [2.05, 4.69) is 0 Å². The number of nitrogens with zero attached hydrogens (tertiary/aromatic N) is 2. The number of aliphatic hydroxyl groups excluding tert-OH is 1. The van der Waals surface area contributed by atoms with E-state index in [1.165, 1.54) is 0 Å². The first-order chi connectivity index (χ1) is 8.47. The van der Waals surface area contributed by atoms with Crippen LogP contribution in [0.4, 0.5) is 4.79 Å². The van der Waals surface area contributed by atoms with Crippen molar-refractivity contribution in [2.75, 3.05) is 19.7 Å². The third kappa shape index (κ3) is 4.18. The number of amides is 2. The van der Waals surface area contributed by atoms with Gasteiger partial charge in [-0.1, -0.05) is 0 Å². The van der Waals surface area contributed by atoms with Gasteiger partial charge in [-0.3, -0.25) is 4.79 Å². The number of aliphatic hydroxyl groups is 1. The summed E-state index contributed by atoms with van der Waals surface area (Å²) in [5.41, 5.74) is 0. The molecule has 1 rings (SSSR count). The smallest absolute Gasteiger partial charge is 0.320 e. The number of carboxylic acids is 1. The summed E-state index contributed by atoms with van der Waals surface area (Å²) in [5, 5.41) is 17.7. The lowest BCUT2D eigenvalue weighted by Crippen LogP contribution is -2.49. The fourth-order valence-electron chi connectivity index (χ4n) is 1.88. The zero-order chi connectivity index (χ0) is 13.7. The molecule has 104 valence electrons. The maximum atomic E-state index is 12.3. The molecule has 0 radical (unpaired) electrons. The van der Waals surface area contributed by atoms with Crippen molar-refractivity contribution in [3.8, 4) is 0 Å². The van der Waals surface area contributed by atoms with Gasteiger partial charge in [0.1, 0.15) is 0 Å². The van der Waals surface area contributed by atoms with E-state index in [0.717, 1.165) is 12.8 Å². The van der Waals surface area contributed by atoms with Crippen LogP contribution >= 0.6 is 0 Å². The number of hydrogen-bond acceptors (Lipinski definition) is 3. The highest BCUT2D eigenvalue weighted by atomic mass is 16.4. The second kappa shape index (κ2) is 6.58. The lowest BCUT2D eigenvalue weighted by Gasteiger charge is -2.33. The Balaban J connectivity index is 2.64. The lowest BCUT2D eigenvalue weighted by atomic mass is 10.3. The third-order valence-electron chi connectivity index (χ3n) is 3.01. The van der Waals surface area contributed by atoms with Gasteiger partial charge in [-0.15, -0.1) is 0 Å². The van der Waals surface area contributed by atoms with Crippen molar-refractivity contribution >= 4 is 12.0 Å². The first-order valence-electron chi connectivity index (χ1n) is 6.37. The van der Waals surface area contributed by atoms with Crippen LogP contribution in [0.25, 0.3) is 0 Å². The van der Waals surface area contributed by atoms with Gasteiger partial charge in [-0.25, -0.2) is 4.79 Å².